The lowest BCUT2D eigenvalue weighted by Crippen LogP contribution is -2.29. The van der Waals surface area contributed by atoms with Crippen molar-refractivity contribution in [3.05, 3.63) is 48.2 Å². The highest BCUT2D eigenvalue weighted by molar-refractivity contribution is 5.89. The number of rotatable bonds is 6. The van der Waals surface area contributed by atoms with Gasteiger partial charge in [-0.3, -0.25) is 10.2 Å². The number of nitrogens with zero attached hydrogens (tertiary/aromatic N) is 4. The standard InChI is InChI=1S/C22H27N7O/c1-2-23-22(30)28-20-14-24-18-10-11-19(26-21(18)27-20)25-17-8-6-16(7-9-17)15-29-12-4-3-5-13-29/h6-11,14H,2-5,12-13,15H2,1H3,(H3,23,25,26,27,28,30). The second-order valence-corrected chi connectivity index (χ2v) is 7.44. The Bertz CT molecular complexity index is 1000. The van der Waals surface area contributed by atoms with E-state index in [0.29, 0.717) is 29.3 Å². The van der Waals surface area contributed by atoms with Crippen molar-refractivity contribution < 1.29 is 4.79 Å². The molecule has 2 amide bonds. The second-order valence-electron chi connectivity index (χ2n) is 7.44. The minimum atomic E-state index is -0.315. The summed E-state index contributed by atoms with van der Waals surface area (Å²) >= 11 is 0. The summed E-state index contributed by atoms with van der Waals surface area (Å²) in [6, 6.07) is 11.9. The van der Waals surface area contributed by atoms with E-state index < -0.39 is 0 Å². The number of piperidine rings is 1. The maximum atomic E-state index is 11.7. The third-order valence-corrected chi connectivity index (χ3v) is 5.07. The van der Waals surface area contributed by atoms with Crippen molar-refractivity contribution in [2.75, 3.05) is 30.3 Å². The van der Waals surface area contributed by atoms with Gasteiger partial charge in [0.15, 0.2) is 11.5 Å². The number of urea groups is 1. The van der Waals surface area contributed by atoms with Crippen molar-refractivity contribution in [2.24, 2.45) is 0 Å². The largest absolute Gasteiger partial charge is 0.340 e. The maximum absolute atomic E-state index is 11.7. The van der Waals surface area contributed by atoms with Gasteiger partial charge in [-0.15, -0.1) is 0 Å². The Balaban J connectivity index is 1.43. The molecule has 30 heavy (non-hydrogen) atoms. The van der Waals surface area contributed by atoms with Crippen molar-refractivity contribution in [3.63, 3.8) is 0 Å². The fraction of sp³-hybridized carbons (Fsp3) is 0.364. The van der Waals surface area contributed by atoms with Crippen LogP contribution in [0.15, 0.2) is 42.6 Å². The number of amides is 2. The fourth-order valence-electron chi connectivity index (χ4n) is 3.57. The molecule has 0 radical (unpaired) electrons. The van der Waals surface area contributed by atoms with Gasteiger partial charge in [-0.1, -0.05) is 18.6 Å². The quantitative estimate of drug-likeness (QED) is 0.576. The number of benzene rings is 1. The smallest absolute Gasteiger partial charge is 0.320 e. The molecule has 8 heteroatoms. The molecule has 1 aliphatic rings. The van der Waals surface area contributed by atoms with Crippen LogP contribution in [0.4, 0.5) is 22.1 Å². The van der Waals surface area contributed by atoms with Crippen LogP contribution in [0.5, 0.6) is 0 Å². The third-order valence-electron chi connectivity index (χ3n) is 5.07. The van der Waals surface area contributed by atoms with Gasteiger partial charge in [0, 0.05) is 18.8 Å². The first-order valence-electron chi connectivity index (χ1n) is 10.5. The summed E-state index contributed by atoms with van der Waals surface area (Å²) in [6.07, 6.45) is 5.48. The third kappa shape index (κ3) is 5.21. The van der Waals surface area contributed by atoms with Crippen LogP contribution in [0.3, 0.4) is 0 Å². The van der Waals surface area contributed by atoms with E-state index in [1.165, 1.54) is 44.1 Å². The monoisotopic (exact) mass is 405 g/mol. The summed E-state index contributed by atoms with van der Waals surface area (Å²) in [7, 11) is 0. The van der Waals surface area contributed by atoms with Crippen LogP contribution in [0.1, 0.15) is 31.7 Å². The molecule has 1 aliphatic heterocycles. The van der Waals surface area contributed by atoms with E-state index in [2.05, 4.69) is 60.1 Å². The molecule has 2 aromatic heterocycles. The Kier molecular flexibility index (Phi) is 6.34. The summed E-state index contributed by atoms with van der Waals surface area (Å²) in [5, 5.41) is 8.63. The van der Waals surface area contributed by atoms with Crippen LogP contribution in [-0.2, 0) is 6.54 Å². The van der Waals surface area contributed by atoms with Crippen molar-refractivity contribution >= 4 is 34.5 Å². The van der Waals surface area contributed by atoms with Gasteiger partial charge in [-0.2, -0.15) is 0 Å². The maximum Gasteiger partial charge on any atom is 0.320 e. The van der Waals surface area contributed by atoms with Crippen molar-refractivity contribution in [2.45, 2.75) is 32.7 Å². The summed E-state index contributed by atoms with van der Waals surface area (Å²) < 4.78 is 0. The highest BCUT2D eigenvalue weighted by Crippen LogP contribution is 2.20. The van der Waals surface area contributed by atoms with Crippen LogP contribution < -0.4 is 16.0 Å². The zero-order valence-electron chi connectivity index (χ0n) is 17.2. The molecule has 3 heterocycles. The predicted molar refractivity (Wildman–Crippen MR) is 119 cm³/mol. The second kappa shape index (κ2) is 9.49. The van der Waals surface area contributed by atoms with Crippen LogP contribution in [0, 0.1) is 0 Å². The zero-order valence-corrected chi connectivity index (χ0v) is 17.2. The number of fused-ring (bicyclic) bond motifs is 1. The topological polar surface area (TPSA) is 95.1 Å². The number of nitrogens with one attached hydrogen (secondary N) is 3. The van der Waals surface area contributed by atoms with Crippen LogP contribution in [-0.4, -0.2) is 45.5 Å². The lowest BCUT2D eigenvalue weighted by molar-refractivity contribution is 0.221. The van der Waals surface area contributed by atoms with Gasteiger partial charge in [-0.05, 0) is 62.7 Å². The van der Waals surface area contributed by atoms with Gasteiger partial charge in [-0.25, -0.2) is 19.7 Å². The number of likely N-dealkylation sites (tertiary alicyclic amines) is 1. The number of aromatic nitrogens is 3. The molecule has 8 nitrogen and oxygen atoms in total. The minimum Gasteiger partial charge on any atom is -0.340 e. The molecule has 156 valence electrons. The highest BCUT2D eigenvalue weighted by Gasteiger charge is 2.10. The molecule has 0 atom stereocenters. The summed E-state index contributed by atoms with van der Waals surface area (Å²) in [6.45, 7) is 5.78. The molecule has 0 aliphatic carbocycles. The predicted octanol–water partition coefficient (Wildman–Crippen LogP) is 3.90. The van der Waals surface area contributed by atoms with Gasteiger partial charge in [0.25, 0.3) is 0 Å². The normalized spacial score (nSPS) is 14.4. The molecule has 1 fully saturated rings. The van der Waals surface area contributed by atoms with E-state index in [4.69, 9.17) is 0 Å². The van der Waals surface area contributed by atoms with Crippen molar-refractivity contribution in [1.82, 2.24) is 25.2 Å². The number of hydrogen-bond donors (Lipinski definition) is 3. The Labute approximate surface area is 176 Å². The average molecular weight is 406 g/mol. The van der Waals surface area contributed by atoms with Gasteiger partial charge >= 0.3 is 6.03 Å². The Morgan fingerprint density at radius 2 is 1.77 bits per heavy atom. The zero-order chi connectivity index (χ0) is 20.8. The summed E-state index contributed by atoms with van der Waals surface area (Å²) in [5.41, 5.74) is 3.42. The Morgan fingerprint density at radius 1 is 1.00 bits per heavy atom. The number of pyridine rings is 1. The first-order valence-corrected chi connectivity index (χ1v) is 10.5. The molecule has 0 bridgehead atoms. The van der Waals surface area contributed by atoms with E-state index in [1.54, 1.807) is 0 Å². The van der Waals surface area contributed by atoms with E-state index in [0.717, 1.165) is 12.2 Å². The van der Waals surface area contributed by atoms with E-state index in [9.17, 15) is 4.79 Å². The van der Waals surface area contributed by atoms with E-state index >= 15 is 0 Å². The average Bonchev–Trinajstić information content (AvgIpc) is 2.76. The number of hydrogen-bond acceptors (Lipinski definition) is 6. The molecule has 4 rings (SSSR count). The van der Waals surface area contributed by atoms with Gasteiger partial charge < -0.3 is 10.6 Å². The number of carbonyl (C=O) groups excluding carboxylic acids is 1. The van der Waals surface area contributed by atoms with Gasteiger partial charge in [0.1, 0.15) is 11.3 Å². The van der Waals surface area contributed by atoms with Crippen molar-refractivity contribution in [1.29, 1.82) is 0 Å². The highest BCUT2D eigenvalue weighted by atomic mass is 16.2. The molecular formula is C22H27N7O. The lowest BCUT2D eigenvalue weighted by atomic mass is 10.1. The van der Waals surface area contributed by atoms with Gasteiger partial charge in [0.05, 0.1) is 6.20 Å². The number of carbonyl (C=O) groups is 1. The minimum absolute atomic E-state index is 0.315. The first kappa shape index (κ1) is 20.0. The molecule has 1 saturated heterocycles. The lowest BCUT2D eigenvalue weighted by Gasteiger charge is -2.26. The molecular weight excluding hydrogens is 378 g/mol. The van der Waals surface area contributed by atoms with Crippen LogP contribution in [0.2, 0.25) is 0 Å². The summed E-state index contributed by atoms with van der Waals surface area (Å²) in [4.78, 5) is 27.4. The molecule has 3 N–H and O–H groups in total. The SMILES string of the molecule is CCNC(=O)Nc1cnc2ccc(Nc3ccc(CN4CCCCC4)cc3)nc2n1. The van der Waals surface area contributed by atoms with Crippen LogP contribution >= 0.6 is 0 Å². The first-order chi connectivity index (χ1) is 14.7. The fourth-order valence-corrected chi connectivity index (χ4v) is 3.57. The number of anilines is 3. The van der Waals surface area contributed by atoms with E-state index in [-0.39, 0.29) is 6.03 Å². The Hall–Kier alpha value is -3.26. The van der Waals surface area contributed by atoms with Crippen LogP contribution in [0.25, 0.3) is 11.2 Å². The molecule has 0 spiro atoms. The Morgan fingerprint density at radius 3 is 2.53 bits per heavy atom. The van der Waals surface area contributed by atoms with Crippen molar-refractivity contribution in [3.8, 4) is 0 Å². The molecule has 3 aromatic rings. The van der Waals surface area contributed by atoms with Gasteiger partial charge in [0.2, 0.25) is 0 Å². The molecule has 0 saturated carbocycles. The molecule has 1 aromatic carbocycles. The molecule has 0 unspecified atom stereocenters. The van der Waals surface area contributed by atoms with E-state index in [1.807, 2.05) is 19.1 Å². The summed E-state index contributed by atoms with van der Waals surface area (Å²) in [5.74, 6) is 1.04.